The van der Waals surface area contributed by atoms with Crippen LogP contribution in [0.5, 0.6) is 0 Å². The molecule has 1 aromatic heterocycles. The monoisotopic (exact) mass is 617 g/mol. The van der Waals surface area contributed by atoms with E-state index in [2.05, 4.69) is 61.9 Å². The SMILES string of the molecule is Cc1ccc(-n2c(SCCCC(=O)N3CCN(C(=O)c4ccccc4Br)C(C)C3)nnc2-c2ccccc2)cc1. The van der Waals surface area contributed by atoms with E-state index in [1.165, 1.54) is 5.56 Å². The van der Waals surface area contributed by atoms with Gasteiger partial charge in [0.05, 0.1) is 5.56 Å². The molecule has 1 fully saturated rings. The van der Waals surface area contributed by atoms with Crippen molar-refractivity contribution in [2.24, 2.45) is 0 Å². The third kappa shape index (κ3) is 6.31. The first kappa shape index (κ1) is 28.1. The number of aromatic nitrogens is 3. The Balaban J connectivity index is 1.18. The van der Waals surface area contributed by atoms with Gasteiger partial charge in [0.15, 0.2) is 11.0 Å². The fourth-order valence-electron chi connectivity index (χ4n) is 4.88. The van der Waals surface area contributed by atoms with Crippen LogP contribution >= 0.6 is 27.7 Å². The van der Waals surface area contributed by atoms with E-state index in [0.29, 0.717) is 31.6 Å². The normalized spacial score (nSPS) is 15.3. The highest BCUT2D eigenvalue weighted by atomic mass is 79.9. The van der Waals surface area contributed by atoms with Crippen LogP contribution in [0, 0.1) is 6.92 Å². The molecule has 40 heavy (non-hydrogen) atoms. The summed E-state index contributed by atoms with van der Waals surface area (Å²) in [6, 6.07) is 25.8. The van der Waals surface area contributed by atoms with Crippen LogP contribution in [0.2, 0.25) is 0 Å². The van der Waals surface area contributed by atoms with E-state index < -0.39 is 0 Å². The summed E-state index contributed by atoms with van der Waals surface area (Å²) in [6.07, 6.45) is 1.19. The van der Waals surface area contributed by atoms with Crippen molar-refractivity contribution in [3.05, 3.63) is 94.5 Å². The molecular formula is C31H32BrN5O2S. The van der Waals surface area contributed by atoms with Crippen molar-refractivity contribution >= 4 is 39.5 Å². The van der Waals surface area contributed by atoms with Crippen LogP contribution in [0.4, 0.5) is 0 Å². The summed E-state index contributed by atoms with van der Waals surface area (Å²) in [5, 5.41) is 9.82. The highest BCUT2D eigenvalue weighted by Crippen LogP contribution is 2.29. The quantitative estimate of drug-likeness (QED) is 0.173. The fourth-order valence-corrected chi connectivity index (χ4v) is 6.23. The Bertz CT molecular complexity index is 1470. The van der Waals surface area contributed by atoms with E-state index in [4.69, 9.17) is 0 Å². The molecular weight excluding hydrogens is 586 g/mol. The maximum atomic E-state index is 13.1. The molecule has 1 aliphatic rings. The first-order valence-electron chi connectivity index (χ1n) is 13.5. The van der Waals surface area contributed by atoms with Crippen molar-refractivity contribution in [1.29, 1.82) is 0 Å². The molecule has 0 N–H and O–H groups in total. The Labute approximate surface area is 247 Å². The molecule has 0 spiro atoms. The van der Waals surface area contributed by atoms with Gasteiger partial charge in [0.2, 0.25) is 5.91 Å². The van der Waals surface area contributed by atoms with Crippen molar-refractivity contribution in [1.82, 2.24) is 24.6 Å². The molecule has 3 aromatic carbocycles. The zero-order chi connectivity index (χ0) is 28.1. The van der Waals surface area contributed by atoms with Crippen molar-refractivity contribution < 1.29 is 9.59 Å². The van der Waals surface area contributed by atoms with Gasteiger partial charge in [0.25, 0.3) is 5.91 Å². The number of nitrogens with zero attached hydrogens (tertiary/aromatic N) is 5. The molecule has 0 bridgehead atoms. The Kier molecular flexibility index (Phi) is 9.01. The van der Waals surface area contributed by atoms with E-state index in [1.54, 1.807) is 11.8 Å². The van der Waals surface area contributed by atoms with Crippen LogP contribution < -0.4 is 0 Å². The van der Waals surface area contributed by atoms with E-state index in [-0.39, 0.29) is 17.9 Å². The summed E-state index contributed by atoms with van der Waals surface area (Å²) in [7, 11) is 0. The summed E-state index contributed by atoms with van der Waals surface area (Å²) in [5.41, 5.74) is 3.86. The molecule has 7 nitrogen and oxygen atoms in total. The first-order chi connectivity index (χ1) is 19.4. The zero-order valence-electron chi connectivity index (χ0n) is 22.7. The number of hydrogen-bond acceptors (Lipinski definition) is 5. The van der Waals surface area contributed by atoms with Gasteiger partial charge in [0.1, 0.15) is 0 Å². The molecule has 4 aromatic rings. The number of halogens is 1. The number of hydrogen-bond donors (Lipinski definition) is 0. The van der Waals surface area contributed by atoms with Crippen LogP contribution in [0.15, 0.2) is 88.5 Å². The minimum atomic E-state index is -0.0452. The second-order valence-electron chi connectivity index (χ2n) is 9.96. The Hall–Kier alpha value is -3.43. The van der Waals surface area contributed by atoms with Crippen LogP contribution in [0.25, 0.3) is 17.1 Å². The van der Waals surface area contributed by atoms with E-state index in [0.717, 1.165) is 38.9 Å². The second-order valence-corrected chi connectivity index (χ2v) is 11.9. The number of piperazine rings is 1. The van der Waals surface area contributed by atoms with Crippen LogP contribution in [-0.4, -0.2) is 67.8 Å². The Morgan fingerprint density at radius 2 is 1.68 bits per heavy atom. The van der Waals surface area contributed by atoms with Gasteiger partial charge in [-0.15, -0.1) is 10.2 Å². The van der Waals surface area contributed by atoms with Gasteiger partial charge in [-0.25, -0.2) is 0 Å². The maximum absolute atomic E-state index is 13.1. The number of amides is 2. The number of thioether (sulfide) groups is 1. The van der Waals surface area contributed by atoms with Gasteiger partial charge in [-0.05, 0) is 60.5 Å². The minimum absolute atomic E-state index is 0.00367. The van der Waals surface area contributed by atoms with Crippen molar-refractivity contribution in [3.63, 3.8) is 0 Å². The van der Waals surface area contributed by atoms with Gasteiger partial charge in [0, 0.05) is 53.6 Å². The van der Waals surface area contributed by atoms with Crippen molar-refractivity contribution in [2.75, 3.05) is 25.4 Å². The van der Waals surface area contributed by atoms with E-state index in [9.17, 15) is 9.59 Å². The van der Waals surface area contributed by atoms with E-state index in [1.807, 2.05) is 71.3 Å². The van der Waals surface area contributed by atoms with E-state index >= 15 is 0 Å². The summed E-state index contributed by atoms with van der Waals surface area (Å²) in [5.74, 6) is 1.68. The molecule has 206 valence electrons. The summed E-state index contributed by atoms with van der Waals surface area (Å²) in [6.45, 7) is 5.70. The molecule has 2 amide bonds. The number of aryl methyl sites for hydroxylation is 1. The topological polar surface area (TPSA) is 71.3 Å². The molecule has 0 radical (unpaired) electrons. The summed E-state index contributed by atoms with van der Waals surface area (Å²) < 4.78 is 2.88. The average molecular weight is 619 g/mol. The molecule has 2 heterocycles. The zero-order valence-corrected chi connectivity index (χ0v) is 25.1. The smallest absolute Gasteiger partial charge is 0.255 e. The van der Waals surface area contributed by atoms with Gasteiger partial charge >= 0.3 is 0 Å². The lowest BCUT2D eigenvalue weighted by molar-refractivity contribution is -0.133. The highest BCUT2D eigenvalue weighted by Gasteiger charge is 2.30. The lowest BCUT2D eigenvalue weighted by Gasteiger charge is -2.40. The summed E-state index contributed by atoms with van der Waals surface area (Å²) >= 11 is 5.10. The van der Waals surface area contributed by atoms with Crippen LogP contribution in [0.3, 0.4) is 0 Å². The van der Waals surface area contributed by atoms with Crippen LogP contribution in [-0.2, 0) is 4.79 Å². The predicted molar refractivity (Wildman–Crippen MR) is 163 cm³/mol. The number of carbonyl (C=O) groups excluding carboxylic acids is 2. The lowest BCUT2D eigenvalue weighted by Crippen LogP contribution is -2.55. The molecule has 5 rings (SSSR count). The molecule has 9 heteroatoms. The molecule has 0 saturated carbocycles. The van der Waals surface area contributed by atoms with Crippen molar-refractivity contribution in [2.45, 2.75) is 37.9 Å². The van der Waals surface area contributed by atoms with Gasteiger partial charge < -0.3 is 9.80 Å². The molecule has 1 unspecified atom stereocenters. The maximum Gasteiger partial charge on any atom is 0.255 e. The number of carbonyl (C=O) groups is 2. The lowest BCUT2D eigenvalue weighted by atomic mass is 10.1. The largest absolute Gasteiger partial charge is 0.339 e. The predicted octanol–water partition coefficient (Wildman–Crippen LogP) is 6.25. The first-order valence-corrected chi connectivity index (χ1v) is 15.2. The fraction of sp³-hybridized carbons (Fsp3) is 0.290. The Morgan fingerprint density at radius 1 is 0.950 bits per heavy atom. The van der Waals surface area contributed by atoms with Gasteiger partial charge in [-0.2, -0.15) is 0 Å². The second kappa shape index (κ2) is 12.8. The Morgan fingerprint density at radius 3 is 2.40 bits per heavy atom. The highest BCUT2D eigenvalue weighted by molar-refractivity contribution is 9.10. The average Bonchev–Trinajstić information content (AvgIpc) is 3.40. The third-order valence-corrected chi connectivity index (χ3v) is 8.78. The molecule has 1 saturated heterocycles. The third-order valence-electron chi connectivity index (χ3n) is 7.07. The van der Waals surface area contributed by atoms with Gasteiger partial charge in [-0.3, -0.25) is 14.2 Å². The summed E-state index contributed by atoms with van der Waals surface area (Å²) in [4.78, 5) is 29.9. The minimum Gasteiger partial charge on any atom is -0.339 e. The number of benzene rings is 3. The molecule has 0 aliphatic carbocycles. The number of rotatable bonds is 8. The van der Waals surface area contributed by atoms with Crippen LogP contribution in [0.1, 0.15) is 35.7 Å². The standard InChI is InChI=1S/C31H32BrN5O2S/c1-22-14-16-25(17-15-22)37-29(24-9-4-3-5-10-24)33-34-31(37)40-20-8-13-28(38)35-18-19-36(23(2)21-35)30(39)26-11-6-7-12-27(26)32/h3-7,9-12,14-17,23H,8,13,18-21H2,1-2H3. The molecule has 1 atom stereocenters. The van der Waals surface area contributed by atoms with Crippen molar-refractivity contribution in [3.8, 4) is 17.1 Å². The van der Waals surface area contributed by atoms with Gasteiger partial charge in [-0.1, -0.05) is 71.9 Å². The molecule has 1 aliphatic heterocycles.